The van der Waals surface area contributed by atoms with Crippen LogP contribution in [0.4, 0.5) is 13.2 Å². The maximum atomic E-state index is 12.0. The van der Waals surface area contributed by atoms with Crippen molar-refractivity contribution in [2.24, 2.45) is 17.6 Å². The Morgan fingerprint density at radius 1 is 1.31 bits per heavy atom. The van der Waals surface area contributed by atoms with Crippen molar-refractivity contribution in [3.05, 3.63) is 0 Å². The van der Waals surface area contributed by atoms with Crippen LogP contribution in [0.5, 0.6) is 0 Å². The van der Waals surface area contributed by atoms with Crippen molar-refractivity contribution in [1.29, 1.82) is 0 Å². The van der Waals surface area contributed by atoms with E-state index in [0.29, 0.717) is 12.3 Å². The average molecular weight is 255 g/mol. The Kier molecular flexibility index (Phi) is 5.44. The Balaban J connectivity index is 2.28. The molecule has 0 saturated heterocycles. The van der Waals surface area contributed by atoms with Gasteiger partial charge in [0.2, 0.25) is 0 Å². The number of hydrogen-bond donors (Lipinski definition) is 1. The molecule has 1 aliphatic rings. The first kappa shape index (κ1) is 14.2. The lowest BCUT2D eigenvalue weighted by atomic mass is 9.76. The van der Waals surface area contributed by atoms with Gasteiger partial charge < -0.3 is 5.73 Å². The van der Waals surface area contributed by atoms with Crippen LogP contribution in [0, 0.1) is 11.8 Å². The van der Waals surface area contributed by atoms with E-state index in [1.807, 2.05) is 0 Å². The number of halogens is 3. The quantitative estimate of drug-likeness (QED) is 0.827. The molecule has 0 bridgehead atoms. The summed E-state index contributed by atoms with van der Waals surface area (Å²) in [5.41, 5.74) is 1.86. The molecule has 3 atom stereocenters. The fraction of sp³-hybridized carbons (Fsp3) is 1.00. The lowest BCUT2D eigenvalue weighted by Crippen LogP contribution is -2.36. The van der Waals surface area contributed by atoms with E-state index in [0.717, 1.165) is 25.7 Å². The van der Waals surface area contributed by atoms with E-state index in [-0.39, 0.29) is 29.5 Å². The molecule has 0 aliphatic heterocycles. The van der Waals surface area contributed by atoms with Gasteiger partial charge in [-0.25, -0.2) is 0 Å². The molecule has 1 rings (SSSR count). The molecule has 1 saturated carbocycles. The van der Waals surface area contributed by atoms with Gasteiger partial charge in [-0.15, -0.1) is 0 Å². The van der Waals surface area contributed by atoms with E-state index in [1.165, 1.54) is 0 Å². The van der Waals surface area contributed by atoms with Crippen molar-refractivity contribution >= 4 is 11.8 Å². The van der Waals surface area contributed by atoms with Crippen LogP contribution in [0.2, 0.25) is 0 Å². The molecule has 0 aromatic rings. The number of hydrogen-bond acceptors (Lipinski definition) is 2. The van der Waals surface area contributed by atoms with E-state index in [2.05, 4.69) is 6.92 Å². The molecule has 2 N–H and O–H groups in total. The number of thioether (sulfide) groups is 1. The maximum absolute atomic E-state index is 12.0. The highest BCUT2D eigenvalue weighted by Gasteiger charge is 2.31. The Morgan fingerprint density at radius 2 is 2.00 bits per heavy atom. The normalized spacial score (nSPS) is 31.7. The Bertz CT molecular complexity index is 208. The summed E-state index contributed by atoms with van der Waals surface area (Å²) in [4.78, 5) is 0. The summed E-state index contributed by atoms with van der Waals surface area (Å²) in [7, 11) is 0. The van der Waals surface area contributed by atoms with Crippen LogP contribution in [0.15, 0.2) is 0 Å². The Hall–Kier alpha value is 0.100. The number of rotatable bonds is 4. The molecule has 1 nitrogen and oxygen atoms in total. The molecule has 3 unspecified atom stereocenters. The highest BCUT2D eigenvalue weighted by atomic mass is 32.2. The van der Waals surface area contributed by atoms with E-state index in [9.17, 15) is 13.2 Å². The zero-order chi connectivity index (χ0) is 12.2. The van der Waals surface area contributed by atoms with Crippen molar-refractivity contribution < 1.29 is 13.2 Å². The van der Waals surface area contributed by atoms with Crippen LogP contribution < -0.4 is 5.73 Å². The SMILES string of the molecule is CCC1CCC(N)C(CCSC(F)(F)F)C1. The van der Waals surface area contributed by atoms with Crippen molar-refractivity contribution in [3.63, 3.8) is 0 Å². The second-order valence-electron chi connectivity index (χ2n) is 4.59. The summed E-state index contributed by atoms with van der Waals surface area (Å²) in [6.07, 6.45) is 4.84. The number of nitrogens with two attached hydrogens (primary N) is 1. The van der Waals surface area contributed by atoms with Crippen LogP contribution in [-0.4, -0.2) is 17.3 Å². The zero-order valence-electron chi connectivity index (χ0n) is 9.59. The minimum Gasteiger partial charge on any atom is -0.327 e. The van der Waals surface area contributed by atoms with Gasteiger partial charge >= 0.3 is 5.51 Å². The summed E-state index contributed by atoms with van der Waals surface area (Å²) in [5, 5.41) is 0. The molecule has 0 aromatic heterocycles. The van der Waals surface area contributed by atoms with Crippen LogP contribution in [0.3, 0.4) is 0 Å². The second-order valence-corrected chi connectivity index (χ2v) is 5.75. The van der Waals surface area contributed by atoms with Crippen LogP contribution in [-0.2, 0) is 0 Å². The third kappa shape index (κ3) is 4.95. The molecule has 0 aromatic carbocycles. The van der Waals surface area contributed by atoms with Crippen LogP contribution in [0.25, 0.3) is 0 Å². The summed E-state index contributed by atoms with van der Waals surface area (Å²) in [5.74, 6) is 1.10. The van der Waals surface area contributed by atoms with Gasteiger partial charge in [-0.1, -0.05) is 25.1 Å². The highest BCUT2D eigenvalue weighted by Crippen LogP contribution is 2.36. The van der Waals surface area contributed by atoms with Gasteiger partial charge in [-0.05, 0) is 37.5 Å². The van der Waals surface area contributed by atoms with E-state index in [1.54, 1.807) is 0 Å². The predicted molar refractivity (Wildman–Crippen MR) is 62.2 cm³/mol. The first-order valence-electron chi connectivity index (χ1n) is 5.88. The van der Waals surface area contributed by atoms with Gasteiger partial charge in [-0.3, -0.25) is 0 Å². The second kappa shape index (κ2) is 6.15. The van der Waals surface area contributed by atoms with Gasteiger partial charge in [0.25, 0.3) is 0 Å². The molecule has 5 heteroatoms. The summed E-state index contributed by atoms with van der Waals surface area (Å²) >= 11 is 0.0825. The third-order valence-corrected chi connectivity index (χ3v) is 4.25. The van der Waals surface area contributed by atoms with Crippen molar-refractivity contribution in [3.8, 4) is 0 Å². The van der Waals surface area contributed by atoms with Crippen molar-refractivity contribution in [2.45, 2.75) is 50.6 Å². The molecular formula is C11H20F3NS. The minimum absolute atomic E-state index is 0.0825. The summed E-state index contributed by atoms with van der Waals surface area (Å²) < 4.78 is 35.9. The lowest BCUT2D eigenvalue weighted by Gasteiger charge is -2.33. The fourth-order valence-corrected chi connectivity index (χ4v) is 3.07. The zero-order valence-corrected chi connectivity index (χ0v) is 10.4. The minimum atomic E-state index is -4.09. The monoisotopic (exact) mass is 255 g/mol. The molecular weight excluding hydrogens is 235 g/mol. The van der Waals surface area contributed by atoms with Gasteiger partial charge in [0, 0.05) is 11.8 Å². The summed E-state index contributed by atoms with van der Waals surface area (Å²) in [6.45, 7) is 2.14. The van der Waals surface area contributed by atoms with E-state index < -0.39 is 5.51 Å². The predicted octanol–water partition coefficient (Wildman–Crippen LogP) is 3.78. The Morgan fingerprint density at radius 3 is 2.56 bits per heavy atom. The standard InChI is InChI=1S/C11H20F3NS/c1-2-8-3-4-10(15)9(7-8)5-6-16-11(12,13)14/h8-10H,2-7,15H2,1H3. The fourth-order valence-electron chi connectivity index (χ4n) is 2.41. The van der Waals surface area contributed by atoms with Gasteiger partial charge in [-0.2, -0.15) is 13.2 Å². The molecule has 1 aliphatic carbocycles. The molecule has 0 spiro atoms. The Labute approximate surface area is 99.3 Å². The van der Waals surface area contributed by atoms with Gasteiger partial charge in [0.15, 0.2) is 0 Å². The summed E-state index contributed by atoms with van der Waals surface area (Å²) in [6, 6.07) is 0.108. The van der Waals surface area contributed by atoms with E-state index in [4.69, 9.17) is 5.73 Å². The third-order valence-electron chi connectivity index (χ3n) is 3.48. The van der Waals surface area contributed by atoms with Gasteiger partial charge in [0.05, 0.1) is 0 Å². The van der Waals surface area contributed by atoms with Crippen LogP contribution in [0.1, 0.15) is 39.0 Å². The van der Waals surface area contributed by atoms with E-state index >= 15 is 0 Å². The maximum Gasteiger partial charge on any atom is 0.441 e. The molecule has 16 heavy (non-hydrogen) atoms. The smallest absolute Gasteiger partial charge is 0.327 e. The molecule has 0 amide bonds. The first-order chi connectivity index (χ1) is 7.42. The molecule has 96 valence electrons. The van der Waals surface area contributed by atoms with Crippen molar-refractivity contribution in [2.75, 3.05) is 5.75 Å². The molecule has 0 heterocycles. The van der Waals surface area contributed by atoms with Gasteiger partial charge in [0.1, 0.15) is 0 Å². The average Bonchev–Trinajstić information content (AvgIpc) is 2.19. The topological polar surface area (TPSA) is 26.0 Å². The molecule has 1 fully saturated rings. The van der Waals surface area contributed by atoms with Crippen molar-refractivity contribution in [1.82, 2.24) is 0 Å². The lowest BCUT2D eigenvalue weighted by molar-refractivity contribution is -0.0328. The van der Waals surface area contributed by atoms with Crippen LogP contribution >= 0.6 is 11.8 Å². The largest absolute Gasteiger partial charge is 0.441 e. The first-order valence-corrected chi connectivity index (χ1v) is 6.87. The molecule has 0 radical (unpaired) electrons. The number of alkyl halides is 3. The highest BCUT2D eigenvalue weighted by molar-refractivity contribution is 8.00.